The predicted octanol–water partition coefficient (Wildman–Crippen LogP) is 9.64. The summed E-state index contributed by atoms with van der Waals surface area (Å²) in [5.41, 5.74) is 8.49. The van der Waals surface area contributed by atoms with Crippen molar-refractivity contribution in [2.45, 2.75) is 0 Å². The Balaban J connectivity index is 1.30. The van der Waals surface area contributed by atoms with Gasteiger partial charge in [-0.05, 0) is 41.5 Å². The van der Waals surface area contributed by atoms with Gasteiger partial charge in [-0.1, -0.05) is 127 Å². The molecule has 0 aliphatic carbocycles. The molecule has 4 heteroatoms. The van der Waals surface area contributed by atoms with Gasteiger partial charge in [-0.25, -0.2) is 15.0 Å². The Morgan fingerprint density at radius 2 is 0.767 bits per heavy atom. The van der Waals surface area contributed by atoms with Crippen LogP contribution in [0.15, 0.2) is 158 Å². The second kappa shape index (κ2) is 10.5. The zero-order chi connectivity index (χ0) is 28.6. The first-order valence-corrected chi connectivity index (χ1v) is 14.4. The SMILES string of the molecule is c1ccc(-c2cccc(-c3nc(-c4ccccc4)nc(-c4cccc(-n5c6ccccc6c6ccccc65)c4)n3)c2)cc1. The average molecular weight is 551 g/mol. The van der Waals surface area contributed by atoms with E-state index in [0.717, 1.165) is 33.5 Å². The van der Waals surface area contributed by atoms with Gasteiger partial charge in [-0.2, -0.15) is 0 Å². The van der Waals surface area contributed by atoms with Crippen LogP contribution in [0, 0.1) is 0 Å². The zero-order valence-electron chi connectivity index (χ0n) is 23.3. The fourth-order valence-electron chi connectivity index (χ4n) is 5.80. The maximum atomic E-state index is 5.05. The van der Waals surface area contributed by atoms with Crippen LogP contribution >= 0.6 is 0 Å². The molecule has 0 radical (unpaired) electrons. The lowest BCUT2D eigenvalue weighted by Crippen LogP contribution is -2.01. The Bertz CT molecular complexity index is 2180. The number of aromatic nitrogens is 4. The number of rotatable bonds is 5. The number of fused-ring (bicyclic) bond motifs is 3. The molecular formula is C39H26N4. The van der Waals surface area contributed by atoms with Crippen molar-refractivity contribution >= 4 is 21.8 Å². The molecule has 202 valence electrons. The summed E-state index contributed by atoms with van der Waals surface area (Å²) in [5, 5.41) is 2.46. The molecule has 0 spiro atoms. The molecule has 4 nitrogen and oxygen atoms in total. The van der Waals surface area contributed by atoms with Crippen LogP contribution in [0.5, 0.6) is 0 Å². The van der Waals surface area contributed by atoms with Crippen molar-refractivity contribution in [1.29, 1.82) is 0 Å². The van der Waals surface area contributed by atoms with Gasteiger partial charge in [0.25, 0.3) is 0 Å². The molecule has 43 heavy (non-hydrogen) atoms. The van der Waals surface area contributed by atoms with Crippen molar-refractivity contribution in [2.24, 2.45) is 0 Å². The third-order valence-electron chi connectivity index (χ3n) is 7.84. The van der Waals surface area contributed by atoms with Crippen LogP contribution in [0.2, 0.25) is 0 Å². The summed E-state index contributed by atoms with van der Waals surface area (Å²) in [6.07, 6.45) is 0. The molecule has 6 aromatic carbocycles. The smallest absolute Gasteiger partial charge is 0.164 e. The minimum Gasteiger partial charge on any atom is -0.309 e. The topological polar surface area (TPSA) is 43.6 Å². The number of benzene rings is 6. The van der Waals surface area contributed by atoms with Crippen molar-refractivity contribution in [1.82, 2.24) is 19.5 Å². The van der Waals surface area contributed by atoms with Crippen LogP contribution in [0.4, 0.5) is 0 Å². The standard InChI is InChI=1S/C39H26N4/c1-3-13-27(14-4-1)29-17-11-18-30(25-29)38-40-37(28-15-5-2-6-16-28)41-39(42-38)31-19-12-20-32(26-31)43-35-23-9-7-21-33(35)34-22-8-10-24-36(34)43/h1-26H. The van der Waals surface area contributed by atoms with Gasteiger partial charge in [-0.3, -0.25) is 0 Å². The summed E-state index contributed by atoms with van der Waals surface area (Å²) < 4.78 is 2.32. The van der Waals surface area contributed by atoms with Gasteiger partial charge in [0, 0.05) is 33.2 Å². The zero-order valence-corrected chi connectivity index (χ0v) is 23.3. The maximum Gasteiger partial charge on any atom is 0.164 e. The van der Waals surface area contributed by atoms with Crippen LogP contribution < -0.4 is 0 Å². The van der Waals surface area contributed by atoms with E-state index in [1.54, 1.807) is 0 Å². The molecule has 2 heterocycles. The van der Waals surface area contributed by atoms with Gasteiger partial charge >= 0.3 is 0 Å². The molecule has 0 bridgehead atoms. The lowest BCUT2D eigenvalue weighted by atomic mass is 10.0. The van der Waals surface area contributed by atoms with Gasteiger partial charge in [-0.15, -0.1) is 0 Å². The van der Waals surface area contributed by atoms with Crippen LogP contribution in [0.3, 0.4) is 0 Å². The van der Waals surface area contributed by atoms with Crippen molar-refractivity contribution in [3.63, 3.8) is 0 Å². The molecule has 0 aliphatic heterocycles. The van der Waals surface area contributed by atoms with E-state index in [9.17, 15) is 0 Å². The molecule has 0 aliphatic rings. The molecule has 8 aromatic rings. The van der Waals surface area contributed by atoms with Gasteiger partial charge in [0.1, 0.15) is 0 Å². The summed E-state index contributed by atoms with van der Waals surface area (Å²) in [6.45, 7) is 0. The molecule has 2 aromatic heterocycles. The molecular weight excluding hydrogens is 524 g/mol. The second-order valence-corrected chi connectivity index (χ2v) is 10.5. The van der Waals surface area contributed by atoms with Gasteiger partial charge < -0.3 is 4.57 Å². The van der Waals surface area contributed by atoms with E-state index in [4.69, 9.17) is 15.0 Å². The molecule has 0 unspecified atom stereocenters. The fraction of sp³-hybridized carbons (Fsp3) is 0. The summed E-state index contributed by atoms with van der Waals surface area (Å²) >= 11 is 0. The van der Waals surface area contributed by atoms with Crippen molar-refractivity contribution in [2.75, 3.05) is 0 Å². The Kier molecular flexibility index (Phi) is 6.08. The molecule has 0 saturated heterocycles. The van der Waals surface area contributed by atoms with E-state index in [1.807, 2.05) is 36.4 Å². The van der Waals surface area contributed by atoms with Crippen molar-refractivity contribution < 1.29 is 0 Å². The minimum absolute atomic E-state index is 0.636. The highest BCUT2D eigenvalue weighted by Crippen LogP contribution is 2.33. The number of hydrogen-bond acceptors (Lipinski definition) is 3. The third kappa shape index (κ3) is 4.55. The highest BCUT2D eigenvalue weighted by atomic mass is 15.0. The summed E-state index contributed by atoms with van der Waals surface area (Å²) in [4.78, 5) is 15.0. The van der Waals surface area contributed by atoms with Crippen molar-refractivity contribution in [3.8, 4) is 51.0 Å². The largest absolute Gasteiger partial charge is 0.309 e. The Hall–Kier alpha value is -5.87. The Labute approximate surface area is 249 Å². The highest BCUT2D eigenvalue weighted by molar-refractivity contribution is 6.09. The molecule has 0 atom stereocenters. The molecule has 0 fully saturated rings. The normalized spacial score (nSPS) is 11.3. The van der Waals surface area contributed by atoms with E-state index in [1.165, 1.54) is 21.8 Å². The van der Waals surface area contributed by atoms with Crippen LogP contribution in [-0.2, 0) is 0 Å². The molecule has 0 amide bonds. The highest BCUT2D eigenvalue weighted by Gasteiger charge is 2.15. The summed E-state index contributed by atoms with van der Waals surface area (Å²) in [7, 11) is 0. The van der Waals surface area contributed by atoms with E-state index in [-0.39, 0.29) is 0 Å². The monoisotopic (exact) mass is 550 g/mol. The lowest BCUT2D eigenvalue weighted by molar-refractivity contribution is 1.07. The third-order valence-corrected chi connectivity index (χ3v) is 7.84. The second-order valence-electron chi connectivity index (χ2n) is 10.5. The molecule has 8 rings (SSSR count). The van der Waals surface area contributed by atoms with Crippen molar-refractivity contribution in [3.05, 3.63) is 158 Å². The summed E-state index contributed by atoms with van der Waals surface area (Å²) in [6, 6.07) is 54.5. The fourth-order valence-corrected chi connectivity index (χ4v) is 5.80. The lowest BCUT2D eigenvalue weighted by Gasteiger charge is -2.12. The quantitative estimate of drug-likeness (QED) is 0.214. The van der Waals surface area contributed by atoms with E-state index in [2.05, 4.69) is 126 Å². The van der Waals surface area contributed by atoms with Gasteiger partial charge in [0.05, 0.1) is 11.0 Å². The summed E-state index contributed by atoms with van der Waals surface area (Å²) in [5.74, 6) is 1.92. The number of hydrogen-bond donors (Lipinski definition) is 0. The van der Waals surface area contributed by atoms with E-state index < -0.39 is 0 Å². The first kappa shape index (κ1) is 24.9. The number of para-hydroxylation sites is 2. The van der Waals surface area contributed by atoms with Gasteiger partial charge in [0.15, 0.2) is 17.5 Å². The molecule has 0 saturated carbocycles. The first-order chi connectivity index (χ1) is 21.3. The first-order valence-electron chi connectivity index (χ1n) is 14.4. The van der Waals surface area contributed by atoms with E-state index in [0.29, 0.717) is 17.5 Å². The van der Waals surface area contributed by atoms with Crippen LogP contribution in [-0.4, -0.2) is 19.5 Å². The predicted molar refractivity (Wildman–Crippen MR) is 176 cm³/mol. The average Bonchev–Trinajstić information content (AvgIpc) is 3.43. The minimum atomic E-state index is 0.636. The van der Waals surface area contributed by atoms with E-state index >= 15 is 0 Å². The van der Waals surface area contributed by atoms with Gasteiger partial charge in [0.2, 0.25) is 0 Å². The van der Waals surface area contributed by atoms with Crippen LogP contribution in [0.1, 0.15) is 0 Å². The molecule has 0 N–H and O–H groups in total. The Morgan fingerprint density at radius 1 is 0.326 bits per heavy atom. The maximum absolute atomic E-state index is 5.05. The number of nitrogens with zero attached hydrogens (tertiary/aromatic N) is 4. The van der Waals surface area contributed by atoms with Crippen LogP contribution in [0.25, 0.3) is 72.8 Å². The Morgan fingerprint density at radius 3 is 1.40 bits per heavy atom.